The van der Waals surface area contributed by atoms with Crippen molar-refractivity contribution in [2.75, 3.05) is 31.8 Å². The zero-order valence-electron chi connectivity index (χ0n) is 12.1. The fraction of sp³-hybridized carbons (Fsp3) is 1.00. The Morgan fingerprint density at radius 1 is 0.842 bits per heavy atom. The van der Waals surface area contributed by atoms with Crippen LogP contribution in [0.1, 0.15) is 51.4 Å². The second kappa shape index (κ2) is 24.1. The van der Waals surface area contributed by atoms with Gasteiger partial charge in [-0.15, -0.1) is 0 Å². The Labute approximate surface area is 132 Å². The Morgan fingerprint density at radius 2 is 1.37 bits per heavy atom. The molecule has 0 spiro atoms. The van der Waals surface area contributed by atoms with Crippen LogP contribution >= 0.6 is 34.3 Å². The van der Waals surface area contributed by atoms with Crippen molar-refractivity contribution in [3.63, 3.8) is 0 Å². The Kier molecular flexibility index (Phi) is 28.2. The van der Waals surface area contributed by atoms with Crippen LogP contribution in [0.5, 0.6) is 0 Å². The lowest BCUT2D eigenvalue weighted by Crippen LogP contribution is -1.86. The van der Waals surface area contributed by atoms with E-state index in [0.29, 0.717) is 6.61 Å². The maximum absolute atomic E-state index is 8.35. The molecule has 0 aromatic heterocycles. The molecule has 1 unspecified atom stereocenters. The average Bonchev–Trinajstić information content (AvgIpc) is 2.44. The first kappa shape index (κ1) is 22.3. The molecule has 0 amide bonds. The number of hydrogen-bond acceptors (Lipinski definition) is 5. The van der Waals surface area contributed by atoms with Crippen LogP contribution in [0.4, 0.5) is 0 Å². The first-order valence-corrected chi connectivity index (χ1v) is 9.14. The minimum Gasteiger partial charge on any atom is -0.396 e. The lowest BCUT2D eigenvalue weighted by molar-refractivity contribution is 0.283. The lowest BCUT2D eigenvalue weighted by atomic mass is 10.2. The van der Waals surface area contributed by atoms with Gasteiger partial charge in [0, 0.05) is 13.7 Å². The van der Waals surface area contributed by atoms with Crippen molar-refractivity contribution in [2.45, 2.75) is 51.4 Å². The molecule has 0 saturated heterocycles. The van der Waals surface area contributed by atoms with Crippen LogP contribution in [0.2, 0.25) is 0 Å². The van der Waals surface area contributed by atoms with Crippen LogP contribution in [-0.2, 0) is 9.05 Å². The molecule has 118 valence electrons. The van der Waals surface area contributed by atoms with Crippen LogP contribution < -0.4 is 0 Å². The summed E-state index contributed by atoms with van der Waals surface area (Å²) in [5.74, 6) is 1.98. The standard InChI is InChI=1S/C7H17O2PS.C6H14OS/c1-8-10-9-6-4-2-3-5-7-11;7-5-3-1-2-4-6-8/h10-11H,2-7H2,1H3;7-8H,1-6H2. The topological polar surface area (TPSA) is 38.7 Å². The van der Waals surface area contributed by atoms with Gasteiger partial charge in [-0.1, -0.05) is 25.7 Å². The quantitative estimate of drug-likeness (QED) is 0.270. The van der Waals surface area contributed by atoms with E-state index in [0.717, 1.165) is 37.4 Å². The van der Waals surface area contributed by atoms with E-state index in [1.807, 2.05) is 0 Å². The molecular formula is C13H31O3PS2. The van der Waals surface area contributed by atoms with Crippen LogP contribution in [0.3, 0.4) is 0 Å². The molecule has 3 nitrogen and oxygen atoms in total. The van der Waals surface area contributed by atoms with Gasteiger partial charge in [-0.25, -0.2) is 0 Å². The smallest absolute Gasteiger partial charge is 0.154 e. The van der Waals surface area contributed by atoms with Gasteiger partial charge < -0.3 is 14.2 Å². The zero-order chi connectivity index (χ0) is 14.6. The Morgan fingerprint density at radius 3 is 1.84 bits per heavy atom. The van der Waals surface area contributed by atoms with Gasteiger partial charge in [-0.05, 0) is 37.2 Å². The number of rotatable bonds is 13. The Bertz CT molecular complexity index is 129. The molecule has 0 aromatic rings. The molecule has 0 aliphatic carbocycles. The van der Waals surface area contributed by atoms with E-state index in [4.69, 9.17) is 14.2 Å². The predicted octanol–water partition coefficient (Wildman–Crippen LogP) is 4.12. The van der Waals surface area contributed by atoms with E-state index in [1.54, 1.807) is 7.11 Å². The maximum atomic E-state index is 8.35. The molecule has 0 aliphatic rings. The number of thiol groups is 2. The lowest BCUT2D eigenvalue weighted by Gasteiger charge is -2.00. The van der Waals surface area contributed by atoms with Gasteiger partial charge in [0.1, 0.15) is 0 Å². The molecule has 0 aliphatic heterocycles. The van der Waals surface area contributed by atoms with Gasteiger partial charge in [0.05, 0.1) is 6.61 Å². The molecule has 1 atom stereocenters. The van der Waals surface area contributed by atoms with Crippen LogP contribution in [0.25, 0.3) is 0 Å². The van der Waals surface area contributed by atoms with E-state index in [9.17, 15) is 0 Å². The summed E-state index contributed by atoms with van der Waals surface area (Å²) in [5, 5.41) is 8.35. The first-order valence-electron chi connectivity index (χ1n) is 7.05. The maximum Gasteiger partial charge on any atom is 0.154 e. The summed E-state index contributed by atoms with van der Waals surface area (Å²) in [4.78, 5) is 0. The van der Waals surface area contributed by atoms with E-state index < -0.39 is 0 Å². The van der Waals surface area contributed by atoms with Crippen LogP contribution in [0, 0.1) is 0 Å². The highest BCUT2D eigenvalue weighted by Crippen LogP contribution is 2.12. The molecule has 0 radical (unpaired) electrons. The van der Waals surface area contributed by atoms with Gasteiger partial charge in [0.15, 0.2) is 9.03 Å². The highest BCUT2D eigenvalue weighted by Gasteiger charge is 1.89. The van der Waals surface area contributed by atoms with Crippen molar-refractivity contribution >= 4 is 34.3 Å². The molecule has 0 aromatic carbocycles. The molecule has 0 fully saturated rings. The van der Waals surface area contributed by atoms with Gasteiger partial charge in [0.25, 0.3) is 0 Å². The summed E-state index contributed by atoms with van der Waals surface area (Å²) in [5.41, 5.74) is 0. The molecular weight excluding hydrogens is 299 g/mol. The second-order valence-corrected chi connectivity index (χ2v) is 5.89. The number of aliphatic hydroxyl groups is 1. The highest BCUT2D eigenvalue weighted by atomic mass is 32.1. The van der Waals surface area contributed by atoms with Gasteiger partial charge in [0.2, 0.25) is 0 Å². The van der Waals surface area contributed by atoms with Gasteiger partial charge in [-0.2, -0.15) is 25.3 Å². The molecule has 0 bridgehead atoms. The van der Waals surface area contributed by atoms with Crippen molar-refractivity contribution < 1.29 is 14.2 Å². The average molecular weight is 330 g/mol. The van der Waals surface area contributed by atoms with Gasteiger partial charge >= 0.3 is 0 Å². The molecule has 6 heteroatoms. The SMILES string of the molecule is COPOCCCCCCS.OCCCCCCS. The fourth-order valence-electron chi connectivity index (χ4n) is 1.32. The third kappa shape index (κ3) is 28.0. The van der Waals surface area contributed by atoms with Crippen molar-refractivity contribution in [2.24, 2.45) is 0 Å². The zero-order valence-corrected chi connectivity index (χ0v) is 14.9. The third-order valence-electron chi connectivity index (χ3n) is 2.36. The van der Waals surface area contributed by atoms with Crippen molar-refractivity contribution in [3.8, 4) is 0 Å². The van der Waals surface area contributed by atoms with E-state index in [1.165, 1.54) is 32.1 Å². The second-order valence-electron chi connectivity index (χ2n) is 4.14. The number of unbranched alkanes of at least 4 members (excludes halogenated alkanes) is 6. The summed E-state index contributed by atoms with van der Waals surface area (Å²) < 4.78 is 9.91. The van der Waals surface area contributed by atoms with E-state index in [-0.39, 0.29) is 9.03 Å². The highest BCUT2D eigenvalue weighted by molar-refractivity contribution is 7.80. The summed E-state index contributed by atoms with van der Waals surface area (Å²) >= 11 is 8.19. The third-order valence-corrected chi connectivity index (χ3v) is 3.48. The largest absolute Gasteiger partial charge is 0.396 e. The van der Waals surface area contributed by atoms with E-state index in [2.05, 4.69) is 25.3 Å². The minimum absolute atomic E-state index is 0.212. The molecule has 0 heterocycles. The van der Waals surface area contributed by atoms with Crippen LogP contribution in [0.15, 0.2) is 0 Å². The fourth-order valence-corrected chi connectivity index (χ4v) is 2.11. The van der Waals surface area contributed by atoms with Gasteiger partial charge in [-0.3, -0.25) is 0 Å². The summed E-state index contributed by atoms with van der Waals surface area (Å²) in [6, 6.07) is 0. The molecule has 19 heavy (non-hydrogen) atoms. The number of aliphatic hydroxyl groups excluding tert-OH is 1. The van der Waals surface area contributed by atoms with Crippen LogP contribution in [-0.4, -0.2) is 36.9 Å². The minimum atomic E-state index is 0.212. The van der Waals surface area contributed by atoms with Crippen molar-refractivity contribution in [3.05, 3.63) is 0 Å². The number of hydrogen-bond donors (Lipinski definition) is 3. The molecule has 0 rings (SSSR count). The Balaban J connectivity index is 0. The van der Waals surface area contributed by atoms with Crippen molar-refractivity contribution in [1.29, 1.82) is 0 Å². The Hall–Kier alpha value is 1.01. The first-order chi connectivity index (χ1) is 9.33. The monoisotopic (exact) mass is 330 g/mol. The predicted molar refractivity (Wildman–Crippen MR) is 93.0 cm³/mol. The normalized spacial score (nSPS) is 10.7. The van der Waals surface area contributed by atoms with Crippen molar-refractivity contribution in [1.82, 2.24) is 0 Å². The summed E-state index contributed by atoms with van der Waals surface area (Å²) in [7, 11) is 1.86. The summed E-state index contributed by atoms with van der Waals surface area (Å²) in [6.07, 6.45) is 9.37. The molecule has 1 N–H and O–H groups in total. The van der Waals surface area contributed by atoms with E-state index >= 15 is 0 Å². The summed E-state index contributed by atoms with van der Waals surface area (Å²) in [6.45, 7) is 1.17. The molecule has 0 saturated carbocycles.